The van der Waals surface area contributed by atoms with E-state index in [9.17, 15) is 8.42 Å². The van der Waals surface area contributed by atoms with Crippen LogP contribution >= 0.6 is 0 Å². The molecule has 1 aliphatic heterocycles. The van der Waals surface area contributed by atoms with Crippen LogP contribution in [0.5, 0.6) is 0 Å². The van der Waals surface area contributed by atoms with Crippen molar-refractivity contribution in [1.29, 1.82) is 0 Å². The fourth-order valence-electron chi connectivity index (χ4n) is 3.40. The van der Waals surface area contributed by atoms with Crippen molar-refractivity contribution in [2.24, 2.45) is 11.8 Å². The molecular formula is C11H17NO2S. The first-order valence-electron chi connectivity index (χ1n) is 5.79. The average molecular weight is 227 g/mol. The van der Waals surface area contributed by atoms with E-state index in [-0.39, 0.29) is 11.8 Å². The van der Waals surface area contributed by atoms with Crippen molar-refractivity contribution in [2.75, 3.05) is 5.75 Å². The molecule has 4 heteroatoms. The van der Waals surface area contributed by atoms with Gasteiger partial charge in [0.2, 0.25) is 0 Å². The molecule has 0 aromatic heterocycles. The monoisotopic (exact) mass is 227 g/mol. The normalized spacial score (nSPS) is 46.4. The number of nitrogens with one attached hydrogen (secondary N) is 1. The van der Waals surface area contributed by atoms with Gasteiger partial charge < -0.3 is 5.32 Å². The molecular weight excluding hydrogens is 210 g/mol. The number of hydrogen-bond donors (Lipinski definition) is 1. The molecule has 0 aromatic carbocycles. The predicted molar refractivity (Wildman–Crippen MR) is 59.1 cm³/mol. The minimum Gasteiger partial charge on any atom is -0.306 e. The lowest BCUT2D eigenvalue weighted by Gasteiger charge is -2.25. The Morgan fingerprint density at radius 3 is 2.60 bits per heavy atom. The molecule has 0 aromatic rings. The maximum atomic E-state index is 11.2. The summed E-state index contributed by atoms with van der Waals surface area (Å²) in [6.07, 6.45) is 7.16. The summed E-state index contributed by atoms with van der Waals surface area (Å²) < 4.78 is 22.5. The molecule has 1 N–H and O–H groups in total. The summed E-state index contributed by atoms with van der Waals surface area (Å²) >= 11 is 0. The van der Waals surface area contributed by atoms with Gasteiger partial charge in [-0.1, -0.05) is 12.5 Å². The molecule has 84 valence electrons. The minimum absolute atomic E-state index is 0.0688. The molecule has 2 saturated carbocycles. The van der Waals surface area contributed by atoms with Crippen molar-refractivity contribution in [2.45, 2.75) is 37.8 Å². The van der Waals surface area contributed by atoms with E-state index in [0.717, 1.165) is 11.8 Å². The summed E-state index contributed by atoms with van der Waals surface area (Å²) in [5.74, 6) is 1.99. The second kappa shape index (κ2) is 3.32. The second-order valence-corrected chi connectivity index (χ2v) is 7.14. The largest absolute Gasteiger partial charge is 0.306 e. The Morgan fingerprint density at radius 1 is 1.20 bits per heavy atom. The summed E-state index contributed by atoms with van der Waals surface area (Å²) in [6.45, 7) is 0. The third-order valence-electron chi connectivity index (χ3n) is 4.10. The van der Waals surface area contributed by atoms with Crippen molar-refractivity contribution in [3.8, 4) is 0 Å². The van der Waals surface area contributed by atoms with Crippen molar-refractivity contribution in [1.82, 2.24) is 5.32 Å². The maximum absolute atomic E-state index is 11.2. The van der Waals surface area contributed by atoms with Crippen molar-refractivity contribution in [3.05, 3.63) is 11.5 Å². The lowest BCUT2D eigenvalue weighted by molar-refractivity contribution is 0.342. The molecule has 3 aliphatic rings. The van der Waals surface area contributed by atoms with E-state index in [4.69, 9.17) is 0 Å². The smallest absolute Gasteiger partial charge is 0.173 e. The van der Waals surface area contributed by atoms with Crippen molar-refractivity contribution in [3.63, 3.8) is 0 Å². The summed E-state index contributed by atoms with van der Waals surface area (Å²) in [5, 5.41) is 4.86. The van der Waals surface area contributed by atoms with Gasteiger partial charge in [0.1, 0.15) is 0 Å². The fraction of sp³-hybridized carbons (Fsp3) is 0.818. The zero-order chi connectivity index (χ0) is 10.5. The van der Waals surface area contributed by atoms with Crippen LogP contribution in [0.4, 0.5) is 0 Å². The van der Waals surface area contributed by atoms with E-state index in [1.807, 2.05) is 0 Å². The first kappa shape index (κ1) is 9.85. The van der Waals surface area contributed by atoms with E-state index in [2.05, 4.69) is 5.32 Å². The highest BCUT2D eigenvalue weighted by atomic mass is 32.2. The van der Waals surface area contributed by atoms with Crippen LogP contribution in [0.15, 0.2) is 11.5 Å². The van der Waals surface area contributed by atoms with Gasteiger partial charge in [0, 0.05) is 17.5 Å². The second-order valence-electron chi connectivity index (χ2n) is 5.21. The Labute approximate surface area is 90.9 Å². The summed E-state index contributed by atoms with van der Waals surface area (Å²) in [6, 6.07) is 0.644. The number of hydrogen-bond acceptors (Lipinski definition) is 3. The van der Waals surface area contributed by atoms with Crippen LogP contribution < -0.4 is 5.32 Å². The van der Waals surface area contributed by atoms with Crippen LogP contribution in [0.1, 0.15) is 25.7 Å². The molecule has 3 nitrogen and oxygen atoms in total. The standard InChI is InChI=1S/C11H17NO2S/c13-15(14)4-3-10(7-15)12-11-6-8-1-2-9(11)5-8/h3-4,8-12H,1-2,5-7H2. The van der Waals surface area contributed by atoms with E-state index >= 15 is 0 Å². The van der Waals surface area contributed by atoms with Gasteiger partial charge in [-0.15, -0.1) is 0 Å². The van der Waals surface area contributed by atoms with Gasteiger partial charge in [0.05, 0.1) is 5.75 Å². The van der Waals surface area contributed by atoms with E-state index in [1.165, 1.54) is 31.1 Å². The van der Waals surface area contributed by atoms with Crippen LogP contribution in [-0.2, 0) is 9.84 Å². The van der Waals surface area contributed by atoms with Gasteiger partial charge in [-0.25, -0.2) is 8.42 Å². The number of rotatable bonds is 2. The number of fused-ring (bicyclic) bond motifs is 2. The highest BCUT2D eigenvalue weighted by Crippen LogP contribution is 2.44. The molecule has 4 unspecified atom stereocenters. The first-order chi connectivity index (χ1) is 7.12. The van der Waals surface area contributed by atoms with Gasteiger partial charge in [0.25, 0.3) is 0 Å². The van der Waals surface area contributed by atoms with Crippen molar-refractivity contribution < 1.29 is 8.42 Å². The Kier molecular flexibility index (Phi) is 2.18. The lowest BCUT2D eigenvalue weighted by atomic mass is 9.95. The third-order valence-corrected chi connectivity index (χ3v) is 5.49. The molecule has 4 atom stereocenters. The lowest BCUT2D eigenvalue weighted by Crippen LogP contribution is -2.41. The summed E-state index contributed by atoms with van der Waals surface area (Å²) in [7, 11) is -2.89. The van der Waals surface area contributed by atoms with Gasteiger partial charge in [-0.05, 0) is 31.1 Å². The van der Waals surface area contributed by atoms with Crippen LogP contribution in [0.2, 0.25) is 0 Å². The van der Waals surface area contributed by atoms with E-state index < -0.39 is 9.84 Å². The zero-order valence-electron chi connectivity index (χ0n) is 8.72. The summed E-state index contributed by atoms with van der Waals surface area (Å²) in [5.41, 5.74) is 0. The topological polar surface area (TPSA) is 46.2 Å². The molecule has 0 amide bonds. The van der Waals surface area contributed by atoms with Crippen LogP contribution in [0.25, 0.3) is 0 Å². The Bertz CT molecular complexity index is 387. The molecule has 2 bridgehead atoms. The summed E-state index contributed by atoms with van der Waals surface area (Å²) in [4.78, 5) is 0. The van der Waals surface area contributed by atoms with E-state index in [0.29, 0.717) is 6.04 Å². The number of sulfone groups is 1. The molecule has 0 radical (unpaired) electrons. The highest BCUT2D eigenvalue weighted by molar-refractivity contribution is 7.94. The molecule has 3 rings (SSSR count). The van der Waals surface area contributed by atoms with Crippen LogP contribution in [0.3, 0.4) is 0 Å². The molecule has 0 spiro atoms. The Hall–Kier alpha value is -0.350. The van der Waals surface area contributed by atoms with Crippen LogP contribution in [0, 0.1) is 11.8 Å². The molecule has 0 saturated heterocycles. The van der Waals surface area contributed by atoms with Gasteiger partial charge in [-0.3, -0.25) is 0 Å². The molecule has 1 heterocycles. The average Bonchev–Trinajstić information content (AvgIpc) is 2.81. The van der Waals surface area contributed by atoms with Gasteiger partial charge in [0.15, 0.2) is 9.84 Å². The predicted octanol–water partition coefficient (Wildman–Crippen LogP) is 1.08. The SMILES string of the molecule is O=S1(=O)C=CC(NC2CC3CCC2C3)C1. The molecule has 2 fully saturated rings. The Balaban J connectivity index is 1.61. The fourth-order valence-corrected chi connectivity index (χ4v) is 4.65. The molecule has 2 aliphatic carbocycles. The highest BCUT2D eigenvalue weighted by Gasteiger charge is 2.40. The van der Waals surface area contributed by atoms with Gasteiger partial charge in [-0.2, -0.15) is 0 Å². The van der Waals surface area contributed by atoms with Crippen molar-refractivity contribution >= 4 is 9.84 Å². The van der Waals surface area contributed by atoms with Crippen LogP contribution in [-0.4, -0.2) is 26.3 Å². The van der Waals surface area contributed by atoms with Gasteiger partial charge >= 0.3 is 0 Å². The third kappa shape index (κ3) is 1.85. The molecule has 15 heavy (non-hydrogen) atoms. The Morgan fingerprint density at radius 2 is 2.07 bits per heavy atom. The first-order valence-corrected chi connectivity index (χ1v) is 7.51. The minimum atomic E-state index is -2.89. The quantitative estimate of drug-likeness (QED) is 0.767. The maximum Gasteiger partial charge on any atom is 0.173 e. The van der Waals surface area contributed by atoms with E-state index in [1.54, 1.807) is 6.08 Å². The zero-order valence-corrected chi connectivity index (χ0v) is 9.54.